The topological polar surface area (TPSA) is 50.9 Å². The normalized spacial score (nSPS) is 10.8. The Bertz CT molecular complexity index is 791. The Hall–Kier alpha value is -2.26. The zero-order valence-corrected chi connectivity index (χ0v) is 12.5. The number of aryl methyl sites for hydroxylation is 1. The predicted octanol–water partition coefficient (Wildman–Crippen LogP) is 4.39. The van der Waals surface area contributed by atoms with Crippen LogP contribution in [0.25, 0.3) is 10.8 Å². The van der Waals surface area contributed by atoms with Crippen LogP contribution in [0.1, 0.15) is 11.1 Å². The number of nitrogens with two attached hydrogens (primary N) is 1. The molecule has 21 heavy (non-hydrogen) atoms. The number of nitrogens with zero attached hydrogens (tertiary/aromatic N) is 1. The predicted molar refractivity (Wildman–Crippen MR) is 89.7 cm³/mol. The highest BCUT2D eigenvalue weighted by molar-refractivity contribution is 6.31. The third-order valence-electron chi connectivity index (χ3n) is 3.54. The molecular weight excluding hydrogens is 282 g/mol. The van der Waals surface area contributed by atoms with Crippen LogP contribution in [0.3, 0.4) is 0 Å². The molecule has 0 spiro atoms. The van der Waals surface area contributed by atoms with Crippen molar-refractivity contribution in [1.29, 1.82) is 0 Å². The molecule has 1 heterocycles. The summed E-state index contributed by atoms with van der Waals surface area (Å²) in [5, 5.41) is 6.18. The Kier molecular flexibility index (Phi) is 3.67. The molecule has 0 atom stereocenters. The van der Waals surface area contributed by atoms with E-state index in [0.717, 1.165) is 38.4 Å². The van der Waals surface area contributed by atoms with Gasteiger partial charge in [-0.3, -0.25) is 0 Å². The summed E-state index contributed by atoms with van der Waals surface area (Å²) < 4.78 is 0. The standard InChI is InChI=1S/C17H16ClN3/c1-11-9-20-17(13-6-4-8-15(19)16(11)13)21-10-12-5-2-3-7-14(12)18/h2-9H,10,19H2,1H3,(H,20,21). The highest BCUT2D eigenvalue weighted by Gasteiger charge is 2.08. The Morgan fingerprint density at radius 3 is 2.76 bits per heavy atom. The van der Waals surface area contributed by atoms with Gasteiger partial charge in [0.1, 0.15) is 5.82 Å². The van der Waals surface area contributed by atoms with Gasteiger partial charge in [0, 0.05) is 34.2 Å². The Balaban J connectivity index is 1.97. The zero-order valence-electron chi connectivity index (χ0n) is 11.7. The van der Waals surface area contributed by atoms with E-state index in [1.165, 1.54) is 0 Å². The van der Waals surface area contributed by atoms with E-state index in [1.54, 1.807) is 0 Å². The molecule has 0 radical (unpaired) electrons. The summed E-state index contributed by atoms with van der Waals surface area (Å²) in [5.41, 5.74) is 8.97. The first-order valence-electron chi connectivity index (χ1n) is 6.78. The molecule has 0 bridgehead atoms. The Morgan fingerprint density at radius 2 is 1.95 bits per heavy atom. The lowest BCUT2D eigenvalue weighted by Crippen LogP contribution is -2.03. The van der Waals surface area contributed by atoms with Crippen LogP contribution < -0.4 is 11.1 Å². The number of nitrogen functional groups attached to an aromatic ring is 1. The minimum Gasteiger partial charge on any atom is -0.398 e. The third kappa shape index (κ3) is 2.65. The number of hydrogen-bond acceptors (Lipinski definition) is 3. The number of fused-ring (bicyclic) bond motifs is 1. The van der Waals surface area contributed by atoms with Crippen LogP contribution in [0.15, 0.2) is 48.7 Å². The number of nitrogens with one attached hydrogen (secondary N) is 1. The molecular formula is C17H16ClN3. The van der Waals surface area contributed by atoms with Crippen LogP contribution in [0.2, 0.25) is 5.02 Å². The molecule has 0 unspecified atom stereocenters. The molecule has 3 aromatic rings. The van der Waals surface area contributed by atoms with E-state index in [-0.39, 0.29) is 0 Å². The van der Waals surface area contributed by atoms with E-state index in [1.807, 2.05) is 55.6 Å². The summed E-state index contributed by atoms with van der Waals surface area (Å²) in [4.78, 5) is 4.48. The second-order valence-corrected chi connectivity index (χ2v) is 5.41. The summed E-state index contributed by atoms with van der Waals surface area (Å²) >= 11 is 6.18. The average molecular weight is 298 g/mol. The molecule has 0 aliphatic rings. The number of hydrogen-bond donors (Lipinski definition) is 2. The number of aromatic nitrogens is 1. The molecule has 3 rings (SSSR count). The molecule has 0 fully saturated rings. The van der Waals surface area contributed by atoms with Gasteiger partial charge in [-0.25, -0.2) is 4.98 Å². The van der Waals surface area contributed by atoms with Crippen molar-refractivity contribution in [1.82, 2.24) is 4.98 Å². The van der Waals surface area contributed by atoms with E-state index in [0.29, 0.717) is 6.54 Å². The number of anilines is 2. The molecule has 1 aromatic heterocycles. The van der Waals surface area contributed by atoms with Crippen molar-refractivity contribution in [2.75, 3.05) is 11.1 Å². The van der Waals surface area contributed by atoms with Crippen molar-refractivity contribution >= 4 is 33.9 Å². The molecule has 0 saturated carbocycles. The Morgan fingerprint density at radius 1 is 1.14 bits per heavy atom. The summed E-state index contributed by atoms with van der Waals surface area (Å²) in [6, 6.07) is 13.7. The zero-order chi connectivity index (χ0) is 14.8. The number of benzene rings is 2. The second-order valence-electron chi connectivity index (χ2n) is 5.00. The van der Waals surface area contributed by atoms with Crippen molar-refractivity contribution in [2.24, 2.45) is 0 Å². The van der Waals surface area contributed by atoms with Crippen LogP contribution in [0.4, 0.5) is 11.5 Å². The average Bonchev–Trinajstić information content (AvgIpc) is 2.48. The highest BCUT2D eigenvalue weighted by Crippen LogP contribution is 2.29. The molecule has 4 heteroatoms. The van der Waals surface area contributed by atoms with Gasteiger partial charge in [0.25, 0.3) is 0 Å². The maximum atomic E-state index is 6.18. The van der Waals surface area contributed by atoms with Crippen LogP contribution >= 0.6 is 11.6 Å². The van der Waals surface area contributed by atoms with Crippen molar-refractivity contribution in [3.63, 3.8) is 0 Å². The first kappa shape index (κ1) is 13.7. The molecule has 2 aromatic carbocycles. The largest absolute Gasteiger partial charge is 0.398 e. The van der Waals surface area contributed by atoms with Crippen molar-refractivity contribution in [3.8, 4) is 0 Å². The first-order valence-corrected chi connectivity index (χ1v) is 7.15. The second kappa shape index (κ2) is 5.62. The molecule has 3 nitrogen and oxygen atoms in total. The van der Waals surface area contributed by atoms with E-state index in [9.17, 15) is 0 Å². The lowest BCUT2D eigenvalue weighted by molar-refractivity contribution is 1.12. The summed E-state index contributed by atoms with van der Waals surface area (Å²) in [5.74, 6) is 0.822. The van der Waals surface area contributed by atoms with E-state index < -0.39 is 0 Å². The monoisotopic (exact) mass is 297 g/mol. The lowest BCUT2D eigenvalue weighted by Gasteiger charge is -2.12. The van der Waals surface area contributed by atoms with Crippen LogP contribution in [0, 0.1) is 6.92 Å². The summed E-state index contributed by atoms with van der Waals surface area (Å²) in [6.07, 6.45) is 1.84. The smallest absolute Gasteiger partial charge is 0.134 e. The summed E-state index contributed by atoms with van der Waals surface area (Å²) in [7, 11) is 0. The minimum atomic E-state index is 0.625. The maximum Gasteiger partial charge on any atom is 0.134 e. The van der Waals surface area contributed by atoms with Gasteiger partial charge in [-0.15, -0.1) is 0 Å². The van der Waals surface area contributed by atoms with Crippen molar-refractivity contribution in [2.45, 2.75) is 13.5 Å². The van der Waals surface area contributed by atoms with E-state index in [4.69, 9.17) is 17.3 Å². The number of rotatable bonds is 3. The molecule has 0 saturated heterocycles. The fraction of sp³-hybridized carbons (Fsp3) is 0.118. The first-order chi connectivity index (χ1) is 10.2. The maximum absolute atomic E-state index is 6.18. The quantitative estimate of drug-likeness (QED) is 0.705. The van der Waals surface area contributed by atoms with Crippen molar-refractivity contribution < 1.29 is 0 Å². The highest BCUT2D eigenvalue weighted by atomic mass is 35.5. The van der Waals surface area contributed by atoms with Gasteiger partial charge < -0.3 is 11.1 Å². The van der Waals surface area contributed by atoms with Gasteiger partial charge in [0.05, 0.1) is 0 Å². The molecule has 106 valence electrons. The fourth-order valence-electron chi connectivity index (χ4n) is 2.46. The Labute approximate surface area is 128 Å². The van der Waals surface area contributed by atoms with Crippen molar-refractivity contribution in [3.05, 3.63) is 64.8 Å². The third-order valence-corrected chi connectivity index (χ3v) is 3.91. The fourth-order valence-corrected chi connectivity index (χ4v) is 2.67. The molecule has 0 aliphatic heterocycles. The molecule has 0 aliphatic carbocycles. The van der Waals surface area contributed by atoms with E-state index in [2.05, 4.69) is 10.3 Å². The van der Waals surface area contributed by atoms with Gasteiger partial charge >= 0.3 is 0 Å². The SMILES string of the molecule is Cc1cnc(NCc2ccccc2Cl)c2cccc(N)c12. The molecule has 0 amide bonds. The molecule has 3 N–H and O–H groups in total. The van der Waals surface area contributed by atoms with Gasteiger partial charge in [-0.1, -0.05) is 41.9 Å². The van der Waals surface area contributed by atoms with Crippen LogP contribution in [-0.2, 0) is 6.54 Å². The van der Waals surface area contributed by atoms with Gasteiger partial charge in [-0.05, 0) is 30.2 Å². The van der Waals surface area contributed by atoms with E-state index >= 15 is 0 Å². The van der Waals surface area contributed by atoms with Gasteiger partial charge in [0.15, 0.2) is 0 Å². The number of pyridine rings is 1. The van der Waals surface area contributed by atoms with Crippen LogP contribution in [0.5, 0.6) is 0 Å². The van der Waals surface area contributed by atoms with Gasteiger partial charge in [-0.2, -0.15) is 0 Å². The minimum absolute atomic E-state index is 0.625. The van der Waals surface area contributed by atoms with Gasteiger partial charge in [0.2, 0.25) is 0 Å². The lowest BCUT2D eigenvalue weighted by atomic mass is 10.1. The summed E-state index contributed by atoms with van der Waals surface area (Å²) in [6.45, 7) is 2.64. The van der Waals surface area contributed by atoms with Crippen LogP contribution in [-0.4, -0.2) is 4.98 Å². The number of halogens is 1.